The van der Waals surface area contributed by atoms with Crippen LogP contribution >= 0.6 is 0 Å². The molecule has 1 aromatic heterocycles. The number of para-hydroxylation sites is 2. The average molecular weight is 259 g/mol. The third-order valence-corrected chi connectivity index (χ3v) is 2.58. The molecule has 0 bridgehead atoms. The summed E-state index contributed by atoms with van der Waals surface area (Å²) in [6.45, 7) is 1.54. The molecule has 6 heteroatoms. The highest BCUT2D eigenvalue weighted by atomic mass is 16.5. The summed E-state index contributed by atoms with van der Waals surface area (Å²) in [6.07, 6.45) is 1.38. The van der Waals surface area contributed by atoms with Crippen LogP contribution in [0.25, 0.3) is 11.0 Å². The number of nitrogens with one attached hydrogen (secondary N) is 1. The third-order valence-electron chi connectivity index (χ3n) is 2.58. The number of carbonyl (C=O) groups excluding carboxylic acids is 2. The third kappa shape index (κ3) is 2.85. The Morgan fingerprint density at radius 1 is 1.26 bits per heavy atom. The monoisotopic (exact) mass is 259 g/mol. The molecule has 1 heterocycles. The molecule has 1 atom stereocenters. The number of benzene rings is 1. The van der Waals surface area contributed by atoms with Crippen LogP contribution in [-0.2, 0) is 9.53 Å². The molecule has 1 amide bonds. The number of hydrogen-bond donors (Lipinski definition) is 1. The van der Waals surface area contributed by atoms with Gasteiger partial charge in [-0.2, -0.15) is 0 Å². The number of esters is 1. The van der Waals surface area contributed by atoms with Crippen molar-refractivity contribution in [1.82, 2.24) is 15.3 Å². The summed E-state index contributed by atoms with van der Waals surface area (Å²) in [7, 11) is 1.26. The van der Waals surface area contributed by atoms with Gasteiger partial charge in [0.25, 0.3) is 5.91 Å². The summed E-state index contributed by atoms with van der Waals surface area (Å²) in [5.41, 5.74) is 1.50. The standard InChI is InChI=1S/C13H13N3O3/c1-8(13(18)19-2)15-12(17)11-7-14-9-5-3-4-6-10(9)16-11/h3-8H,1-2H3,(H,15,17). The number of methoxy groups -OCH3 is 1. The van der Waals surface area contributed by atoms with E-state index < -0.39 is 17.9 Å². The normalized spacial score (nSPS) is 11.9. The lowest BCUT2D eigenvalue weighted by atomic mass is 10.2. The van der Waals surface area contributed by atoms with Crippen LogP contribution in [0.1, 0.15) is 17.4 Å². The molecule has 0 radical (unpaired) electrons. The maximum Gasteiger partial charge on any atom is 0.328 e. The molecule has 2 aromatic rings. The molecule has 1 N–H and O–H groups in total. The predicted octanol–water partition coefficient (Wildman–Crippen LogP) is 0.921. The van der Waals surface area contributed by atoms with E-state index in [-0.39, 0.29) is 5.69 Å². The number of aromatic nitrogens is 2. The molecule has 98 valence electrons. The SMILES string of the molecule is COC(=O)C(C)NC(=O)c1cnc2ccccc2n1. The molecular weight excluding hydrogens is 246 g/mol. The van der Waals surface area contributed by atoms with Crippen molar-refractivity contribution in [2.45, 2.75) is 13.0 Å². The van der Waals surface area contributed by atoms with Gasteiger partial charge in [0.15, 0.2) is 0 Å². The molecule has 0 fully saturated rings. The van der Waals surface area contributed by atoms with Crippen LogP contribution in [0, 0.1) is 0 Å². The van der Waals surface area contributed by atoms with E-state index in [1.165, 1.54) is 20.2 Å². The second-order valence-electron chi connectivity index (χ2n) is 3.96. The van der Waals surface area contributed by atoms with E-state index in [1.54, 1.807) is 12.1 Å². The van der Waals surface area contributed by atoms with Crippen LogP contribution in [0.15, 0.2) is 30.5 Å². The fourth-order valence-corrected chi connectivity index (χ4v) is 1.57. The van der Waals surface area contributed by atoms with Gasteiger partial charge in [-0.1, -0.05) is 12.1 Å². The number of amides is 1. The second kappa shape index (κ2) is 5.43. The first-order valence-electron chi connectivity index (χ1n) is 5.72. The van der Waals surface area contributed by atoms with Crippen molar-refractivity contribution in [3.05, 3.63) is 36.2 Å². The summed E-state index contributed by atoms with van der Waals surface area (Å²) >= 11 is 0. The van der Waals surface area contributed by atoms with Crippen LogP contribution in [0.4, 0.5) is 0 Å². The Hall–Kier alpha value is -2.50. The highest BCUT2D eigenvalue weighted by Gasteiger charge is 2.18. The molecule has 0 spiro atoms. The Bertz CT molecular complexity index is 627. The molecule has 1 aromatic carbocycles. The van der Waals surface area contributed by atoms with Crippen molar-refractivity contribution < 1.29 is 14.3 Å². The largest absolute Gasteiger partial charge is 0.467 e. The van der Waals surface area contributed by atoms with E-state index in [1.807, 2.05) is 12.1 Å². The summed E-state index contributed by atoms with van der Waals surface area (Å²) in [5.74, 6) is -0.974. The summed E-state index contributed by atoms with van der Waals surface area (Å²) in [4.78, 5) is 31.4. The van der Waals surface area contributed by atoms with Crippen molar-refractivity contribution in [3.8, 4) is 0 Å². The number of carbonyl (C=O) groups is 2. The van der Waals surface area contributed by atoms with Crippen molar-refractivity contribution in [1.29, 1.82) is 0 Å². The Labute approximate surface area is 109 Å². The van der Waals surface area contributed by atoms with E-state index in [2.05, 4.69) is 20.0 Å². The van der Waals surface area contributed by atoms with E-state index in [4.69, 9.17) is 0 Å². The van der Waals surface area contributed by atoms with Crippen LogP contribution in [0.3, 0.4) is 0 Å². The van der Waals surface area contributed by atoms with Crippen molar-refractivity contribution in [2.24, 2.45) is 0 Å². The zero-order valence-electron chi connectivity index (χ0n) is 10.6. The summed E-state index contributed by atoms with van der Waals surface area (Å²) in [5, 5.41) is 2.50. The minimum atomic E-state index is -0.731. The van der Waals surface area contributed by atoms with Gasteiger partial charge in [-0.05, 0) is 19.1 Å². The van der Waals surface area contributed by atoms with Gasteiger partial charge >= 0.3 is 5.97 Å². The van der Waals surface area contributed by atoms with Crippen molar-refractivity contribution in [2.75, 3.05) is 7.11 Å². The molecule has 0 saturated heterocycles. The molecule has 1 unspecified atom stereocenters. The van der Waals surface area contributed by atoms with Gasteiger partial charge in [0.05, 0.1) is 24.3 Å². The van der Waals surface area contributed by atoms with Crippen molar-refractivity contribution in [3.63, 3.8) is 0 Å². The predicted molar refractivity (Wildman–Crippen MR) is 68.5 cm³/mol. The Morgan fingerprint density at radius 3 is 2.63 bits per heavy atom. The van der Waals surface area contributed by atoms with E-state index in [0.717, 1.165) is 0 Å². The first-order valence-corrected chi connectivity index (χ1v) is 5.72. The maximum absolute atomic E-state index is 11.9. The van der Waals surface area contributed by atoms with Crippen LogP contribution in [0.2, 0.25) is 0 Å². The van der Waals surface area contributed by atoms with Crippen molar-refractivity contribution >= 4 is 22.9 Å². The van der Waals surface area contributed by atoms with Gasteiger partial charge < -0.3 is 10.1 Å². The smallest absolute Gasteiger partial charge is 0.328 e. The molecule has 0 aliphatic heterocycles. The number of rotatable bonds is 3. The Morgan fingerprint density at radius 2 is 1.95 bits per heavy atom. The first kappa shape index (κ1) is 12.9. The zero-order valence-corrected chi connectivity index (χ0v) is 10.6. The average Bonchev–Trinajstić information content (AvgIpc) is 2.45. The molecule has 19 heavy (non-hydrogen) atoms. The van der Waals surface area contributed by atoms with Gasteiger partial charge in [0.2, 0.25) is 0 Å². The molecule has 0 aliphatic carbocycles. The van der Waals surface area contributed by atoms with E-state index in [9.17, 15) is 9.59 Å². The highest BCUT2D eigenvalue weighted by molar-refractivity contribution is 5.96. The quantitative estimate of drug-likeness (QED) is 0.829. The minimum Gasteiger partial charge on any atom is -0.467 e. The lowest BCUT2D eigenvalue weighted by Crippen LogP contribution is -2.39. The van der Waals surface area contributed by atoms with E-state index >= 15 is 0 Å². The van der Waals surface area contributed by atoms with Gasteiger partial charge in [0.1, 0.15) is 11.7 Å². The molecule has 0 saturated carbocycles. The van der Waals surface area contributed by atoms with Gasteiger partial charge in [0, 0.05) is 0 Å². The molecule has 0 aliphatic rings. The number of hydrogen-bond acceptors (Lipinski definition) is 5. The number of nitrogens with zero attached hydrogens (tertiary/aromatic N) is 2. The first-order chi connectivity index (χ1) is 9.11. The minimum absolute atomic E-state index is 0.162. The highest BCUT2D eigenvalue weighted by Crippen LogP contribution is 2.08. The number of fused-ring (bicyclic) bond motifs is 1. The van der Waals surface area contributed by atoms with Gasteiger partial charge in [-0.15, -0.1) is 0 Å². The fraction of sp³-hybridized carbons (Fsp3) is 0.231. The van der Waals surface area contributed by atoms with Gasteiger partial charge in [-0.3, -0.25) is 9.78 Å². The Balaban J connectivity index is 2.19. The lowest BCUT2D eigenvalue weighted by molar-refractivity contribution is -0.142. The van der Waals surface area contributed by atoms with E-state index in [0.29, 0.717) is 11.0 Å². The summed E-state index contributed by atoms with van der Waals surface area (Å²) in [6, 6.07) is 6.50. The maximum atomic E-state index is 11.9. The van der Waals surface area contributed by atoms with Crippen LogP contribution < -0.4 is 5.32 Å². The Kier molecular flexibility index (Phi) is 3.70. The van der Waals surface area contributed by atoms with Crippen LogP contribution in [0.5, 0.6) is 0 Å². The lowest BCUT2D eigenvalue weighted by Gasteiger charge is -2.10. The van der Waals surface area contributed by atoms with Gasteiger partial charge in [-0.25, -0.2) is 9.78 Å². The topological polar surface area (TPSA) is 81.2 Å². The second-order valence-corrected chi connectivity index (χ2v) is 3.96. The van der Waals surface area contributed by atoms with Crippen LogP contribution in [-0.4, -0.2) is 35.0 Å². The summed E-state index contributed by atoms with van der Waals surface area (Å²) < 4.78 is 4.53. The molecule has 6 nitrogen and oxygen atoms in total. The number of ether oxygens (including phenoxy) is 1. The zero-order chi connectivity index (χ0) is 13.8. The molecule has 2 rings (SSSR count). The molecular formula is C13H13N3O3. The fourth-order valence-electron chi connectivity index (χ4n) is 1.57.